The minimum Gasteiger partial charge on any atom is -0.489 e. The van der Waals surface area contributed by atoms with Gasteiger partial charge >= 0.3 is 0 Å². The summed E-state index contributed by atoms with van der Waals surface area (Å²) in [5.41, 5.74) is 1.50. The predicted octanol–water partition coefficient (Wildman–Crippen LogP) is 3.01. The van der Waals surface area contributed by atoms with Gasteiger partial charge in [0, 0.05) is 19.0 Å². The van der Waals surface area contributed by atoms with E-state index >= 15 is 0 Å². The summed E-state index contributed by atoms with van der Waals surface area (Å²) < 4.78 is 7.64. The van der Waals surface area contributed by atoms with Gasteiger partial charge in [-0.3, -0.25) is 9.48 Å². The van der Waals surface area contributed by atoms with Crippen molar-refractivity contribution in [2.24, 2.45) is 5.92 Å². The molecule has 1 aromatic heterocycles. The van der Waals surface area contributed by atoms with Crippen LogP contribution in [0.3, 0.4) is 0 Å². The van der Waals surface area contributed by atoms with Crippen LogP contribution in [0.2, 0.25) is 0 Å². The van der Waals surface area contributed by atoms with E-state index in [9.17, 15) is 4.79 Å². The van der Waals surface area contributed by atoms with Gasteiger partial charge in [0.1, 0.15) is 17.9 Å². The van der Waals surface area contributed by atoms with Crippen LogP contribution in [0.4, 0.5) is 0 Å². The molecule has 2 aromatic rings. The molecule has 4 rings (SSSR count). The Hall–Kier alpha value is -2.08. The lowest BCUT2D eigenvalue weighted by Gasteiger charge is -2.33. The Bertz CT molecular complexity index is 808. The minimum absolute atomic E-state index is 0.0196. The highest BCUT2D eigenvalue weighted by molar-refractivity contribution is 6.06. The third-order valence-electron chi connectivity index (χ3n) is 5.91. The van der Waals surface area contributed by atoms with Crippen molar-refractivity contribution in [3.05, 3.63) is 23.9 Å². The van der Waals surface area contributed by atoms with Gasteiger partial charge in [0.25, 0.3) is 5.91 Å². The average Bonchev–Trinajstić information content (AvgIpc) is 3.08. The van der Waals surface area contributed by atoms with Crippen LogP contribution >= 0.6 is 0 Å². The van der Waals surface area contributed by atoms with Crippen molar-refractivity contribution >= 4 is 16.8 Å². The van der Waals surface area contributed by atoms with Crippen LogP contribution in [0, 0.1) is 5.92 Å². The number of rotatable bonds is 6. The van der Waals surface area contributed by atoms with Crippen LogP contribution in [-0.4, -0.2) is 65.3 Å². The maximum Gasteiger partial charge on any atom is 0.274 e. The Morgan fingerprint density at radius 1 is 1.30 bits per heavy atom. The standard InChI is InChI=1S/C21H30N4O2/c1-3-4-10-24-11-8-16(9-12-24)15-23(2)21(26)19-17-6-5-7-18-20(17)25(22-19)13-14-27-18/h5-7,16H,3-4,8-15H2,1-2H3. The van der Waals surface area contributed by atoms with Crippen LogP contribution in [0.1, 0.15) is 43.1 Å². The minimum atomic E-state index is 0.0196. The molecule has 0 unspecified atom stereocenters. The van der Waals surface area contributed by atoms with E-state index in [0.29, 0.717) is 24.8 Å². The summed E-state index contributed by atoms with van der Waals surface area (Å²) in [7, 11) is 1.91. The lowest BCUT2D eigenvalue weighted by atomic mass is 9.96. The van der Waals surface area contributed by atoms with Gasteiger partial charge in [0.15, 0.2) is 5.69 Å². The fourth-order valence-corrected chi connectivity index (χ4v) is 4.31. The fraction of sp³-hybridized carbons (Fsp3) is 0.619. The number of amides is 1. The monoisotopic (exact) mass is 370 g/mol. The first-order valence-corrected chi connectivity index (χ1v) is 10.3. The van der Waals surface area contributed by atoms with Crippen LogP contribution in [0.25, 0.3) is 10.9 Å². The maximum atomic E-state index is 13.1. The highest BCUT2D eigenvalue weighted by Crippen LogP contribution is 2.31. The van der Waals surface area contributed by atoms with Crippen molar-refractivity contribution in [1.82, 2.24) is 19.6 Å². The second-order valence-corrected chi connectivity index (χ2v) is 7.90. The Morgan fingerprint density at radius 3 is 2.89 bits per heavy atom. The molecule has 6 nitrogen and oxygen atoms in total. The summed E-state index contributed by atoms with van der Waals surface area (Å²) in [4.78, 5) is 17.5. The van der Waals surface area contributed by atoms with Crippen LogP contribution in [0.15, 0.2) is 18.2 Å². The smallest absolute Gasteiger partial charge is 0.274 e. The van der Waals surface area contributed by atoms with Crippen molar-refractivity contribution in [1.29, 1.82) is 0 Å². The number of ether oxygens (including phenoxy) is 1. The molecule has 6 heteroatoms. The fourth-order valence-electron chi connectivity index (χ4n) is 4.31. The molecule has 0 atom stereocenters. The lowest BCUT2D eigenvalue weighted by molar-refractivity contribution is 0.0734. The van der Waals surface area contributed by atoms with Crippen molar-refractivity contribution < 1.29 is 9.53 Å². The average molecular weight is 370 g/mol. The predicted molar refractivity (Wildman–Crippen MR) is 106 cm³/mol. The van der Waals surface area contributed by atoms with Crippen LogP contribution in [0.5, 0.6) is 5.75 Å². The molecule has 0 bridgehead atoms. The molecule has 0 aliphatic carbocycles. The second kappa shape index (κ2) is 7.89. The van der Waals surface area contributed by atoms with Gasteiger partial charge in [0.05, 0.1) is 6.54 Å². The highest BCUT2D eigenvalue weighted by Gasteiger charge is 2.27. The van der Waals surface area contributed by atoms with Crippen molar-refractivity contribution in [3.63, 3.8) is 0 Å². The van der Waals surface area contributed by atoms with Gasteiger partial charge in [0.2, 0.25) is 0 Å². The molecule has 2 aliphatic heterocycles. The number of benzene rings is 1. The number of aromatic nitrogens is 2. The maximum absolute atomic E-state index is 13.1. The summed E-state index contributed by atoms with van der Waals surface area (Å²) >= 11 is 0. The molecule has 1 fully saturated rings. The number of nitrogens with zero attached hydrogens (tertiary/aromatic N) is 4. The van der Waals surface area contributed by atoms with Crippen molar-refractivity contribution in [2.75, 3.05) is 39.8 Å². The number of unbranched alkanes of at least 4 members (excludes halogenated alkanes) is 1. The van der Waals surface area contributed by atoms with Gasteiger partial charge < -0.3 is 14.5 Å². The largest absolute Gasteiger partial charge is 0.489 e. The van der Waals surface area contributed by atoms with E-state index in [2.05, 4.69) is 16.9 Å². The van der Waals surface area contributed by atoms with E-state index in [0.717, 1.165) is 36.3 Å². The Morgan fingerprint density at radius 2 is 2.11 bits per heavy atom. The Labute approximate surface area is 161 Å². The normalized spacial score (nSPS) is 17.9. The zero-order valence-electron chi connectivity index (χ0n) is 16.5. The van der Waals surface area contributed by atoms with Gasteiger partial charge in [-0.1, -0.05) is 25.5 Å². The number of carbonyl (C=O) groups excluding carboxylic acids is 1. The number of hydrogen-bond donors (Lipinski definition) is 0. The molecular weight excluding hydrogens is 340 g/mol. The Balaban J connectivity index is 1.42. The molecule has 1 saturated heterocycles. The van der Waals surface area contributed by atoms with Crippen molar-refractivity contribution in [2.45, 2.75) is 39.2 Å². The summed E-state index contributed by atoms with van der Waals surface area (Å²) in [6, 6.07) is 5.87. The van der Waals surface area contributed by atoms with E-state index in [1.54, 1.807) is 0 Å². The van der Waals surface area contributed by atoms with E-state index in [-0.39, 0.29) is 5.91 Å². The molecule has 0 N–H and O–H groups in total. The molecular formula is C21H30N4O2. The van der Waals surface area contributed by atoms with E-state index in [4.69, 9.17) is 4.74 Å². The Kier molecular flexibility index (Phi) is 5.34. The summed E-state index contributed by atoms with van der Waals surface area (Å²) in [6.45, 7) is 7.88. The first-order valence-electron chi connectivity index (χ1n) is 10.3. The molecule has 1 amide bonds. The molecule has 0 radical (unpaired) electrons. The zero-order chi connectivity index (χ0) is 18.8. The number of hydrogen-bond acceptors (Lipinski definition) is 4. The summed E-state index contributed by atoms with van der Waals surface area (Å²) in [5.74, 6) is 1.43. The summed E-state index contributed by atoms with van der Waals surface area (Å²) in [6.07, 6.45) is 4.89. The molecule has 1 aromatic carbocycles. The highest BCUT2D eigenvalue weighted by atomic mass is 16.5. The topological polar surface area (TPSA) is 50.6 Å². The third kappa shape index (κ3) is 3.68. The molecule has 146 valence electrons. The van der Waals surface area contributed by atoms with E-state index in [1.807, 2.05) is 34.8 Å². The number of para-hydroxylation sites is 1. The zero-order valence-corrected chi connectivity index (χ0v) is 16.5. The molecule has 0 spiro atoms. The van der Waals surface area contributed by atoms with Gasteiger partial charge in [-0.25, -0.2) is 0 Å². The lowest BCUT2D eigenvalue weighted by Crippen LogP contribution is -2.39. The first kappa shape index (κ1) is 18.3. The molecule has 3 heterocycles. The number of carbonyl (C=O) groups is 1. The van der Waals surface area contributed by atoms with Gasteiger partial charge in [-0.15, -0.1) is 0 Å². The first-order chi connectivity index (χ1) is 13.2. The molecule has 0 saturated carbocycles. The van der Waals surface area contributed by atoms with Crippen molar-refractivity contribution in [3.8, 4) is 5.75 Å². The third-order valence-corrected chi connectivity index (χ3v) is 5.91. The van der Waals surface area contributed by atoms with E-state index < -0.39 is 0 Å². The molecule has 27 heavy (non-hydrogen) atoms. The SMILES string of the molecule is CCCCN1CCC(CN(C)C(=O)c2nn3c4c(cccc24)OCC3)CC1. The molecule has 2 aliphatic rings. The summed E-state index contributed by atoms with van der Waals surface area (Å²) in [5, 5.41) is 5.52. The van der Waals surface area contributed by atoms with Gasteiger partial charge in [-0.2, -0.15) is 5.10 Å². The quantitative estimate of drug-likeness (QED) is 0.784. The second-order valence-electron chi connectivity index (χ2n) is 7.90. The number of piperidine rings is 1. The number of likely N-dealkylation sites (tertiary alicyclic amines) is 1. The van der Waals surface area contributed by atoms with Gasteiger partial charge in [-0.05, 0) is 50.9 Å². The van der Waals surface area contributed by atoms with E-state index in [1.165, 1.54) is 32.2 Å². The van der Waals surface area contributed by atoms with Crippen LogP contribution in [-0.2, 0) is 6.54 Å². The van der Waals surface area contributed by atoms with Crippen LogP contribution < -0.4 is 4.74 Å².